The predicted octanol–water partition coefficient (Wildman–Crippen LogP) is 4.21. The quantitative estimate of drug-likeness (QED) is 0.323. The van der Waals surface area contributed by atoms with Crippen LogP contribution in [-0.4, -0.2) is 31.1 Å². The first-order valence-corrected chi connectivity index (χ1v) is 12.4. The zero-order valence-electron chi connectivity index (χ0n) is 20.0. The minimum absolute atomic E-state index is 0.0840. The number of halogens is 2. The second-order valence-corrected chi connectivity index (χ2v) is 9.70. The zero-order chi connectivity index (χ0) is 27.0. The predicted molar refractivity (Wildman–Crippen MR) is 144 cm³/mol. The maximum absolute atomic E-state index is 13.9. The fraction of sp³-hybridized carbons (Fsp3) is 0.120. The molecule has 5 rings (SSSR count). The normalized spacial score (nSPS) is 10.9. The van der Waals surface area contributed by atoms with Crippen LogP contribution in [0, 0.1) is 24.1 Å². The first-order valence-electron chi connectivity index (χ1n) is 11.2. The minimum Gasteiger partial charge on any atom is -0.365 e. The summed E-state index contributed by atoms with van der Waals surface area (Å²) in [5.74, 6) is -0.763. The summed E-state index contributed by atoms with van der Waals surface area (Å²) in [5, 5.41) is 16.2. The van der Waals surface area contributed by atoms with Gasteiger partial charge < -0.3 is 10.6 Å². The average Bonchev–Trinajstić information content (AvgIpc) is 3.29. The maximum Gasteiger partial charge on any atom is 0.359 e. The molecular formula is C25H18ClFN8O2S. The summed E-state index contributed by atoms with van der Waals surface area (Å²) in [6.07, 6.45) is 2.98. The van der Waals surface area contributed by atoms with E-state index in [4.69, 9.17) is 11.6 Å². The van der Waals surface area contributed by atoms with Gasteiger partial charge in [-0.25, -0.2) is 23.5 Å². The van der Waals surface area contributed by atoms with E-state index in [1.807, 2.05) is 0 Å². The molecule has 38 heavy (non-hydrogen) atoms. The molecule has 0 unspecified atom stereocenters. The molecule has 0 saturated carbocycles. The number of nitrogens with zero attached hydrogens (tertiary/aromatic N) is 6. The van der Waals surface area contributed by atoms with E-state index in [1.54, 1.807) is 44.4 Å². The molecule has 0 saturated heterocycles. The van der Waals surface area contributed by atoms with E-state index in [2.05, 4.69) is 25.6 Å². The van der Waals surface area contributed by atoms with Gasteiger partial charge in [0, 0.05) is 13.2 Å². The number of nitriles is 1. The highest BCUT2D eigenvalue weighted by Gasteiger charge is 2.18. The Labute approximate surface area is 223 Å². The van der Waals surface area contributed by atoms with Crippen molar-refractivity contribution in [2.45, 2.75) is 13.5 Å². The highest BCUT2D eigenvalue weighted by Crippen LogP contribution is 2.34. The SMILES string of the molecule is CNc1nc2cc(Cl)c(Nc3nc(=O)n(-c4cncc(C)c4)c(=O)n3Cc3ccc(F)c(C#N)c3)cc2s1. The number of aryl methyl sites for hydroxylation is 1. The Morgan fingerprint density at radius 2 is 1.97 bits per heavy atom. The third kappa shape index (κ3) is 4.72. The zero-order valence-corrected chi connectivity index (χ0v) is 21.6. The Kier molecular flexibility index (Phi) is 6.62. The molecule has 2 aromatic carbocycles. The number of benzene rings is 2. The van der Waals surface area contributed by atoms with Gasteiger partial charge in [-0.15, -0.1) is 0 Å². The van der Waals surface area contributed by atoms with Gasteiger partial charge in [-0.2, -0.15) is 10.2 Å². The summed E-state index contributed by atoms with van der Waals surface area (Å²) in [7, 11) is 1.76. The van der Waals surface area contributed by atoms with Gasteiger partial charge in [0.25, 0.3) is 0 Å². The topological polar surface area (TPSA) is 131 Å². The largest absolute Gasteiger partial charge is 0.365 e. The van der Waals surface area contributed by atoms with Crippen molar-refractivity contribution in [2.24, 2.45) is 0 Å². The van der Waals surface area contributed by atoms with E-state index >= 15 is 0 Å². The highest BCUT2D eigenvalue weighted by molar-refractivity contribution is 7.22. The third-order valence-electron chi connectivity index (χ3n) is 5.62. The minimum atomic E-state index is -0.828. The Bertz CT molecular complexity index is 1870. The molecule has 3 heterocycles. The van der Waals surface area contributed by atoms with Crippen LogP contribution in [0.25, 0.3) is 15.9 Å². The first kappa shape index (κ1) is 25.1. The molecule has 190 valence electrons. The van der Waals surface area contributed by atoms with Crippen molar-refractivity contribution in [2.75, 3.05) is 17.7 Å². The summed E-state index contributed by atoms with van der Waals surface area (Å²) in [5.41, 5.74) is 0.799. The lowest BCUT2D eigenvalue weighted by atomic mass is 10.1. The lowest BCUT2D eigenvalue weighted by Crippen LogP contribution is -2.41. The number of fused-ring (bicyclic) bond motifs is 1. The monoisotopic (exact) mass is 548 g/mol. The number of nitrogens with one attached hydrogen (secondary N) is 2. The summed E-state index contributed by atoms with van der Waals surface area (Å²) in [6.45, 7) is 1.66. The van der Waals surface area contributed by atoms with Crippen molar-refractivity contribution in [1.82, 2.24) is 24.1 Å². The van der Waals surface area contributed by atoms with E-state index in [0.717, 1.165) is 20.9 Å². The molecule has 2 N–H and O–H groups in total. The molecule has 0 aliphatic carbocycles. The van der Waals surface area contributed by atoms with E-state index in [0.29, 0.717) is 26.9 Å². The van der Waals surface area contributed by atoms with E-state index < -0.39 is 17.2 Å². The van der Waals surface area contributed by atoms with Gasteiger partial charge in [0.05, 0.1) is 44.9 Å². The molecule has 0 spiro atoms. The second kappa shape index (κ2) is 10.0. The number of rotatable bonds is 6. The summed E-state index contributed by atoms with van der Waals surface area (Å²) in [6, 6.07) is 10.8. The van der Waals surface area contributed by atoms with Crippen LogP contribution in [-0.2, 0) is 6.54 Å². The number of hydrogen-bond donors (Lipinski definition) is 2. The van der Waals surface area contributed by atoms with Gasteiger partial charge in [0.15, 0.2) is 5.13 Å². The molecule has 0 bridgehead atoms. The van der Waals surface area contributed by atoms with E-state index in [-0.39, 0.29) is 23.7 Å². The van der Waals surface area contributed by atoms with Gasteiger partial charge in [0.2, 0.25) is 5.95 Å². The Morgan fingerprint density at radius 3 is 2.71 bits per heavy atom. The molecule has 0 fully saturated rings. The molecule has 0 radical (unpaired) electrons. The molecule has 13 heteroatoms. The molecule has 10 nitrogen and oxygen atoms in total. The van der Waals surface area contributed by atoms with Crippen LogP contribution in [0.15, 0.2) is 58.4 Å². The summed E-state index contributed by atoms with van der Waals surface area (Å²) >= 11 is 7.90. The van der Waals surface area contributed by atoms with E-state index in [1.165, 1.54) is 34.2 Å². The first-order chi connectivity index (χ1) is 18.3. The summed E-state index contributed by atoms with van der Waals surface area (Å²) in [4.78, 5) is 39.4. The molecule has 0 amide bonds. The molecule has 5 aromatic rings. The molecule has 0 aliphatic rings. The lowest BCUT2D eigenvalue weighted by molar-refractivity contribution is 0.620. The number of aromatic nitrogens is 5. The third-order valence-corrected chi connectivity index (χ3v) is 6.97. The number of pyridine rings is 1. The Hall–Kier alpha value is -4.60. The van der Waals surface area contributed by atoms with Crippen molar-refractivity contribution < 1.29 is 4.39 Å². The number of thiazole rings is 1. The van der Waals surface area contributed by atoms with Crippen molar-refractivity contribution in [1.29, 1.82) is 5.26 Å². The Morgan fingerprint density at radius 1 is 1.16 bits per heavy atom. The lowest BCUT2D eigenvalue weighted by Gasteiger charge is -2.16. The highest BCUT2D eigenvalue weighted by atomic mass is 35.5. The van der Waals surface area contributed by atoms with Crippen LogP contribution < -0.4 is 22.0 Å². The van der Waals surface area contributed by atoms with Gasteiger partial charge in [-0.3, -0.25) is 9.55 Å². The van der Waals surface area contributed by atoms with Gasteiger partial charge in [0.1, 0.15) is 11.9 Å². The van der Waals surface area contributed by atoms with Crippen molar-refractivity contribution in [3.05, 3.63) is 97.3 Å². The smallest absolute Gasteiger partial charge is 0.359 e. The molecule has 3 aromatic heterocycles. The van der Waals surface area contributed by atoms with Crippen LogP contribution in [0.2, 0.25) is 5.02 Å². The van der Waals surface area contributed by atoms with Crippen LogP contribution in [0.5, 0.6) is 0 Å². The molecular weight excluding hydrogens is 531 g/mol. The van der Waals surface area contributed by atoms with Gasteiger partial charge in [-0.05, 0) is 48.4 Å². The van der Waals surface area contributed by atoms with Crippen molar-refractivity contribution >= 4 is 49.9 Å². The van der Waals surface area contributed by atoms with Crippen molar-refractivity contribution in [3.63, 3.8) is 0 Å². The molecule has 0 aliphatic heterocycles. The Balaban J connectivity index is 1.68. The fourth-order valence-corrected chi connectivity index (χ4v) is 4.87. The maximum atomic E-state index is 13.9. The van der Waals surface area contributed by atoms with Gasteiger partial charge >= 0.3 is 11.4 Å². The van der Waals surface area contributed by atoms with E-state index in [9.17, 15) is 19.2 Å². The van der Waals surface area contributed by atoms with Gasteiger partial charge in [-0.1, -0.05) is 29.0 Å². The number of hydrogen-bond acceptors (Lipinski definition) is 9. The van der Waals surface area contributed by atoms with Crippen molar-refractivity contribution in [3.8, 4) is 11.8 Å². The molecule has 0 atom stereocenters. The van der Waals surface area contributed by atoms with Crippen LogP contribution in [0.4, 0.5) is 21.2 Å². The van der Waals surface area contributed by atoms with Crippen LogP contribution in [0.3, 0.4) is 0 Å². The fourth-order valence-electron chi connectivity index (χ4n) is 3.82. The average molecular weight is 549 g/mol. The second-order valence-electron chi connectivity index (χ2n) is 8.26. The summed E-state index contributed by atoms with van der Waals surface area (Å²) < 4.78 is 16.9. The van der Waals surface area contributed by atoms with Crippen LogP contribution in [0.1, 0.15) is 16.7 Å². The number of anilines is 3. The van der Waals surface area contributed by atoms with Crippen LogP contribution >= 0.6 is 22.9 Å². The standard InChI is InChI=1S/C25H18ClFN8O2S/c1-13-5-16(11-30-10-13)35-24(36)33-22(31-19-8-21-20(7-17(19)26)32-23(29-2)38-21)34(25(35)37)12-14-3-4-18(27)15(6-14)9-28/h3-8,10-11H,12H2,1-2H3,(H,29,32)(H,31,33,36).